The van der Waals surface area contributed by atoms with Crippen molar-refractivity contribution < 1.29 is 14.3 Å². The normalized spacial score (nSPS) is 23.9. The first kappa shape index (κ1) is 15.2. The Balaban J connectivity index is 1.98. The number of nitrogens with one attached hydrogen (secondary N) is 2. The maximum atomic E-state index is 11.5. The third-order valence-electron chi connectivity index (χ3n) is 3.87. The van der Waals surface area contributed by atoms with Crippen LogP contribution in [0.1, 0.15) is 13.8 Å². The van der Waals surface area contributed by atoms with Crippen LogP contribution in [0.15, 0.2) is 35.1 Å². The third kappa shape index (κ3) is 2.83. The van der Waals surface area contributed by atoms with E-state index in [0.717, 1.165) is 11.1 Å². The Hall–Kier alpha value is -2.67. The Labute approximate surface area is 132 Å². The molecule has 1 amide bonds. The molecule has 0 radical (unpaired) electrons. The van der Waals surface area contributed by atoms with Crippen molar-refractivity contribution in [3.63, 3.8) is 0 Å². The SMILES string of the molecule is CC(=O)N[C@@H]1CN(c2ccc3[nH]c(=O)ccc3c2)C(C)(C=O)O1. The van der Waals surface area contributed by atoms with Crippen LogP contribution < -0.4 is 15.8 Å². The summed E-state index contributed by atoms with van der Waals surface area (Å²) in [5, 5.41) is 3.51. The number of benzene rings is 1. The number of aldehydes is 1. The van der Waals surface area contributed by atoms with Crippen molar-refractivity contribution >= 4 is 28.8 Å². The van der Waals surface area contributed by atoms with Crippen LogP contribution in [0.2, 0.25) is 0 Å². The number of pyridine rings is 1. The zero-order chi connectivity index (χ0) is 16.6. The van der Waals surface area contributed by atoms with Crippen LogP contribution in [0.25, 0.3) is 10.9 Å². The Morgan fingerprint density at radius 1 is 1.43 bits per heavy atom. The van der Waals surface area contributed by atoms with Crippen LogP contribution in [0.5, 0.6) is 0 Å². The Morgan fingerprint density at radius 3 is 2.91 bits per heavy atom. The Morgan fingerprint density at radius 2 is 2.22 bits per heavy atom. The van der Waals surface area contributed by atoms with Gasteiger partial charge >= 0.3 is 0 Å². The highest BCUT2D eigenvalue weighted by molar-refractivity contribution is 5.84. The minimum absolute atomic E-state index is 0.168. The fraction of sp³-hybridized carbons (Fsp3) is 0.312. The summed E-state index contributed by atoms with van der Waals surface area (Å²) in [6.45, 7) is 3.40. The van der Waals surface area contributed by atoms with Gasteiger partial charge in [-0.15, -0.1) is 0 Å². The fourth-order valence-corrected chi connectivity index (χ4v) is 2.80. The molecule has 2 atom stereocenters. The molecule has 120 valence electrons. The van der Waals surface area contributed by atoms with Crippen molar-refractivity contribution in [3.05, 3.63) is 40.7 Å². The third-order valence-corrected chi connectivity index (χ3v) is 3.87. The molecule has 1 fully saturated rings. The predicted molar refractivity (Wildman–Crippen MR) is 85.1 cm³/mol. The molecule has 7 nitrogen and oxygen atoms in total. The van der Waals surface area contributed by atoms with Crippen LogP contribution in [-0.4, -0.2) is 35.7 Å². The number of anilines is 1. The van der Waals surface area contributed by atoms with Gasteiger partial charge in [-0.25, -0.2) is 0 Å². The van der Waals surface area contributed by atoms with E-state index in [1.807, 2.05) is 6.07 Å². The van der Waals surface area contributed by atoms with Crippen molar-refractivity contribution in [3.8, 4) is 0 Å². The van der Waals surface area contributed by atoms with E-state index in [1.165, 1.54) is 13.0 Å². The lowest BCUT2D eigenvalue weighted by Crippen LogP contribution is -2.43. The van der Waals surface area contributed by atoms with Crippen molar-refractivity contribution in [2.24, 2.45) is 0 Å². The first-order chi connectivity index (χ1) is 10.9. The summed E-state index contributed by atoms with van der Waals surface area (Å²) in [7, 11) is 0. The number of hydrogen-bond donors (Lipinski definition) is 2. The molecule has 2 heterocycles. The average molecular weight is 315 g/mol. The lowest BCUT2D eigenvalue weighted by molar-refractivity contribution is -0.133. The van der Waals surface area contributed by atoms with Gasteiger partial charge in [0, 0.05) is 29.6 Å². The van der Waals surface area contributed by atoms with E-state index in [2.05, 4.69) is 10.3 Å². The molecule has 23 heavy (non-hydrogen) atoms. The molecule has 1 aromatic heterocycles. The first-order valence-corrected chi connectivity index (χ1v) is 7.23. The summed E-state index contributed by atoms with van der Waals surface area (Å²) in [5.41, 5.74) is 0.154. The zero-order valence-corrected chi connectivity index (χ0v) is 12.8. The van der Waals surface area contributed by atoms with Gasteiger partial charge in [0.15, 0.2) is 18.2 Å². The van der Waals surface area contributed by atoms with Crippen LogP contribution in [0.4, 0.5) is 5.69 Å². The second-order valence-corrected chi connectivity index (χ2v) is 5.68. The van der Waals surface area contributed by atoms with E-state index in [0.29, 0.717) is 18.3 Å². The fourth-order valence-electron chi connectivity index (χ4n) is 2.80. The summed E-state index contributed by atoms with van der Waals surface area (Å²) in [5.74, 6) is -0.221. The van der Waals surface area contributed by atoms with Gasteiger partial charge in [-0.1, -0.05) is 0 Å². The van der Waals surface area contributed by atoms with Crippen LogP contribution >= 0.6 is 0 Å². The van der Waals surface area contributed by atoms with Crippen molar-refractivity contribution in [1.82, 2.24) is 10.3 Å². The smallest absolute Gasteiger partial charge is 0.248 e. The molecule has 0 spiro atoms. The maximum Gasteiger partial charge on any atom is 0.248 e. The molecule has 1 saturated heterocycles. The molecule has 1 aliphatic rings. The molecule has 2 aromatic rings. The summed E-state index contributed by atoms with van der Waals surface area (Å²) >= 11 is 0. The summed E-state index contributed by atoms with van der Waals surface area (Å²) < 4.78 is 5.68. The lowest BCUT2D eigenvalue weighted by atomic mass is 10.1. The van der Waals surface area contributed by atoms with Gasteiger partial charge in [-0.3, -0.25) is 14.4 Å². The molecule has 0 bridgehead atoms. The number of nitrogens with zero attached hydrogens (tertiary/aromatic N) is 1. The highest BCUT2D eigenvalue weighted by Gasteiger charge is 2.43. The standard InChI is InChI=1S/C16H17N3O4/c1-10(21)17-15-8-19(16(2,9-20)23-15)12-4-5-13-11(7-12)3-6-14(22)18-13/h3-7,9,15H,8H2,1-2H3,(H,17,21)(H,18,22)/t15-,16?/m0/s1. The molecule has 2 N–H and O–H groups in total. The largest absolute Gasteiger partial charge is 0.333 e. The molecule has 7 heteroatoms. The summed E-state index contributed by atoms with van der Waals surface area (Å²) in [4.78, 5) is 38.6. The average Bonchev–Trinajstić information content (AvgIpc) is 2.83. The predicted octanol–water partition coefficient (Wildman–Crippen LogP) is 0.742. The monoisotopic (exact) mass is 315 g/mol. The molecule has 0 saturated carbocycles. The number of fused-ring (bicyclic) bond motifs is 1. The topological polar surface area (TPSA) is 91.5 Å². The van der Waals surface area contributed by atoms with Crippen LogP contribution in [0, 0.1) is 0 Å². The number of ether oxygens (including phenoxy) is 1. The highest BCUT2D eigenvalue weighted by Crippen LogP contribution is 2.32. The number of carbonyl (C=O) groups excluding carboxylic acids is 2. The van der Waals surface area contributed by atoms with Crippen LogP contribution in [0.3, 0.4) is 0 Å². The van der Waals surface area contributed by atoms with Crippen molar-refractivity contribution in [2.45, 2.75) is 25.8 Å². The zero-order valence-electron chi connectivity index (χ0n) is 12.8. The molecule has 1 aliphatic heterocycles. The quantitative estimate of drug-likeness (QED) is 0.815. The van der Waals surface area contributed by atoms with Crippen molar-refractivity contribution in [1.29, 1.82) is 0 Å². The van der Waals surface area contributed by atoms with E-state index >= 15 is 0 Å². The number of aromatic nitrogens is 1. The summed E-state index contributed by atoms with van der Waals surface area (Å²) in [6.07, 6.45) is 0.153. The lowest BCUT2D eigenvalue weighted by Gasteiger charge is -2.30. The van der Waals surface area contributed by atoms with Gasteiger partial charge in [-0.05, 0) is 31.2 Å². The Kier molecular flexibility index (Phi) is 3.65. The van der Waals surface area contributed by atoms with Gasteiger partial charge in [0.05, 0.1) is 6.54 Å². The summed E-state index contributed by atoms with van der Waals surface area (Å²) in [6, 6.07) is 8.62. The Bertz CT molecular complexity index is 831. The van der Waals surface area contributed by atoms with Gasteiger partial charge < -0.3 is 19.9 Å². The number of aromatic amines is 1. The molecule has 1 unspecified atom stereocenters. The van der Waals surface area contributed by atoms with Gasteiger partial charge in [0.25, 0.3) is 0 Å². The molecule has 0 aliphatic carbocycles. The van der Waals surface area contributed by atoms with Crippen molar-refractivity contribution in [2.75, 3.05) is 11.4 Å². The number of carbonyl (C=O) groups is 2. The minimum atomic E-state index is -1.16. The molecule has 1 aromatic carbocycles. The highest BCUT2D eigenvalue weighted by atomic mass is 16.6. The maximum absolute atomic E-state index is 11.5. The number of rotatable bonds is 3. The number of hydrogen-bond acceptors (Lipinski definition) is 5. The number of amides is 1. The van der Waals surface area contributed by atoms with E-state index in [9.17, 15) is 14.4 Å². The van der Waals surface area contributed by atoms with E-state index in [-0.39, 0.29) is 11.5 Å². The van der Waals surface area contributed by atoms with Gasteiger partial charge in [0.2, 0.25) is 11.5 Å². The minimum Gasteiger partial charge on any atom is -0.333 e. The second-order valence-electron chi connectivity index (χ2n) is 5.68. The molecular weight excluding hydrogens is 298 g/mol. The first-order valence-electron chi connectivity index (χ1n) is 7.23. The van der Waals surface area contributed by atoms with E-state index in [1.54, 1.807) is 30.0 Å². The number of H-pyrrole nitrogens is 1. The van der Waals surface area contributed by atoms with Gasteiger partial charge in [-0.2, -0.15) is 0 Å². The molecule has 3 rings (SSSR count). The van der Waals surface area contributed by atoms with Crippen LogP contribution in [-0.2, 0) is 14.3 Å². The molecular formula is C16H17N3O4. The van der Waals surface area contributed by atoms with E-state index < -0.39 is 12.0 Å². The second kappa shape index (κ2) is 5.51. The van der Waals surface area contributed by atoms with Gasteiger partial charge in [0.1, 0.15) is 0 Å². The van der Waals surface area contributed by atoms with E-state index in [4.69, 9.17) is 4.74 Å².